The van der Waals surface area contributed by atoms with Gasteiger partial charge in [-0.25, -0.2) is 0 Å². The number of hydrogen-bond acceptors (Lipinski definition) is 8. The molecule has 2 N–H and O–H groups in total. The number of likely N-dealkylation sites (tertiary alicyclic amines) is 2. The van der Waals surface area contributed by atoms with E-state index in [1.54, 1.807) is 0 Å². The van der Waals surface area contributed by atoms with Crippen molar-refractivity contribution in [3.05, 3.63) is 34.4 Å². The smallest absolute Gasteiger partial charge is 0.166 e. The number of aromatic hydroxyl groups is 2. The van der Waals surface area contributed by atoms with Crippen molar-refractivity contribution in [1.29, 1.82) is 0 Å². The number of ether oxygens (including phenoxy) is 4. The van der Waals surface area contributed by atoms with Crippen LogP contribution in [0, 0.1) is 58.2 Å². The number of rotatable bonds is 9. The zero-order valence-corrected chi connectivity index (χ0v) is 39.6. The van der Waals surface area contributed by atoms with Crippen molar-refractivity contribution < 1.29 is 29.2 Å². The van der Waals surface area contributed by atoms with Crippen LogP contribution in [0.4, 0.5) is 0 Å². The molecule has 2 unspecified atom stereocenters. The fourth-order valence-corrected chi connectivity index (χ4v) is 16.3. The van der Waals surface area contributed by atoms with Gasteiger partial charge in [0.1, 0.15) is 12.2 Å². The summed E-state index contributed by atoms with van der Waals surface area (Å²) < 4.78 is 27.9. The van der Waals surface area contributed by atoms with Gasteiger partial charge in [0.05, 0.1) is 12.2 Å². The first-order chi connectivity index (χ1) is 29.5. The quantitative estimate of drug-likeness (QED) is 0.259. The summed E-state index contributed by atoms with van der Waals surface area (Å²) in [6, 6.07) is 5.39. The van der Waals surface area contributed by atoms with Gasteiger partial charge in [-0.2, -0.15) is 0 Å². The summed E-state index contributed by atoms with van der Waals surface area (Å²) in [6.07, 6.45) is 11.1. The highest BCUT2D eigenvalue weighted by Crippen LogP contribution is 2.70. The average molecular weight is 849 g/mol. The van der Waals surface area contributed by atoms with Crippen molar-refractivity contribution in [2.24, 2.45) is 58.2 Å². The van der Waals surface area contributed by atoms with E-state index in [2.05, 4.69) is 77.3 Å². The minimum atomic E-state index is -0.199. The van der Waals surface area contributed by atoms with Crippen molar-refractivity contribution in [2.75, 3.05) is 40.4 Å². The summed E-state index contributed by atoms with van der Waals surface area (Å²) in [5.74, 6) is 5.76. The van der Waals surface area contributed by atoms with Gasteiger partial charge >= 0.3 is 0 Å². The largest absolute Gasteiger partial charge is 0.504 e. The Morgan fingerprint density at radius 1 is 0.661 bits per heavy atom. The standard InChI is InChI=1S/C54H76N2O6/c1-27(51(3,4)5)33-23-37-39-21-31-19-35(43(57)47-41(31)53(37,49(61-47)45(33)59-9)15-17-55(39)25-29-11-12-29)36-20-32-22-40-38-24-34(28(2)52(6,7)8)46(60-10)50-54(38,42(32)48(62-50)44(36)58)16-18-56(40)26-30-13-14-30/h19-20,27-30,33-34,37-40,45-46,49-50,57-58H,11-18,21-26H2,1-10H3/t27-,28-,33-,34-,37?,38?,39-,40-,45-,46-,49+,50+,53+,54+/m1/s1. The van der Waals surface area contributed by atoms with Crippen LogP contribution in [-0.4, -0.2) is 96.9 Å². The van der Waals surface area contributed by atoms with Gasteiger partial charge in [0, 0.05) is 72.5 Å². The molecule has 14 atom stereocenters. The molecule has 4 bridgehead atoms. The van der Waals surface area contributed by atoms with E-state index in [-0.39, 0.29) is 57.6 Å². The van der Waals surface area contributed by atoms with Crippen LogP contribution in [0.3, 0.4) is 0 Å². The van der Waals surface area contributed by atoms with Gasteiger partial charge in [0.15, 0.2) is 23.0 Å². The van der Waals surface area contributed by atoms with E-state index in [0.717, 1.165) is 63.5 Å². The van der Waals surface area contributed by atoms with Gasteiger partial charge in [-0.1, -0.05) is 55.4 Å². The average Bonchev–Trinajstić information content (AvgIpc) is 4.16. The number of piperidine rings is 2. The SMILES string of the molecule is CO[C@@H]1[C@@H]([C@@H](C)C(C)(C)C)CC2[C@H]3Cc4cc(-c5cc6c7c(c5O)O[C@H]5[C@H](OC)[C@@H]([C@@H](C)C(C)(C)C)CC8[C@@H](C6)N(CC6CC6)CC[C@@]785)c(O)c5c4[C@@]2(CCN3CC2CC2)[C@H]1O5. The molecule has 2 spiro atoms. The Hall–Kier alpha value is -2.52. The van der Waals surface area contributed by atoms with Gasteiger partial charge in [0.25, 0.3) is 0 Å². The second-order valence-corrected chi connectivity index (χ2v) is 25.1. The van der Waals surface area contributed by atoms with E-state index in [9.17, 15) is 10.2 Å². The van der Waals surface area contributed by atoms with E-state index in [1.807, 2.05) is 14.2 Å². The minimum Gasteiger partial charge on any atom is -0.504 e. The van der Waals surface area contributed by atoms with Crippen molar-refractivity contribution in [2.45, 2.75) is 167 Å². The van der Waals surface area contributed by atoms with E-state index < -0.39 is 0 Å². The first-order valence-corrected chi connectivity index (χ1v) is 25.2. The Balaban J connectivity index is 1.00. The van der Waals surface area contributed by atoms with E-state index in [0.29, 0.717) is 70.2 Å². The number of phenolic OH excluding ortho intramolecular Hbond substituents is 2. The maximum Gasteiger partial charge on any atom is 0.166 e. The van der Waals surface area contributed by atoms with Crippen molar-refractivity contribution in [1.82, 2.24) is 9.80 Å². The molecule has 2 aromatic carbocycles. The molecule has 4 heterocycles. The molecule has 8 nitrogen and oxygen atoms in total. The summed E-state index contributed by atoms with van der Waals surface area (Å²) in [4.78, 5) is 5.72. The second kappa shape index (κ2) is 13.5. The van der Waals surface area contributed by atoms with Crippen LogP contribution in [0.5, 0.6) is 23.0 Å². The van der Waals surface area contributed by atoms with E-state index >= 15 is 0 Å². The molecule has 8 heteroatoms. The number of nitrogens with zero attached hydrogens (tertiary/aromatic N) is 2. The molecule has 2 saturated heterocycles. The third kappa shape index (κ3) is 5.45. The molecule has 12 rings (SSSR count). The zero-order valence-electron chi connectivity index (χ0n) is 39.6. The molecular formula is C54H76N2O6. The molecule has 2 aromatic rings. The van der Waals surface area contributed by atoms with Gasteiger partial charge in [-0.15, -0.1) is 0 Å². The molecule has 62 heavy (non-hydrogen) atoms. The Kier molecular flexibility index (Phi) is 8.94. The summed E-state index contributed by atoms with van der Waals surface area (Å²) in [5, 5.41) is 25.7. The summed E-state index contributed by atoms with van der Waals surface area (Å²) in [6.45, 7) is 23.7. The third-order valence-corrected chi connectivity index (χ3v) is 20.5. The summed E-state index contributed by atoms with van der Waals surface area (Å²) in [7, 11) is 3.78. The number of phenols is 2. The second-order valence-electron chi connectivity index (χ2n) is 25.1. The van der Waals surface area contributed by atoms with Crippen molar-refractivity contribution in [3.63, 3.8) is 0 Å². The van der Waals surface area contributed by atoms with Gasteiger partial charge in [-0.3, -0.25) is 9.80 Å². The Morgan fingerprint density at radius 3 is 1.39 bits per heavy atom. The molecule has 6 fully saturated rings. The van der Waals surface area contributed by atoms with Crippen LogP contribution in [0.25, 0.3) is 11.1 Å². The highest BCUT2D eigenvalue weighted by atomic mass is 16.6. The Labute approximate surface area is 371 Å². The fraction of sp³-hybridized carbons (Fsp3) is 0.778. The van der Waals surface area contributed by atoms with Crippen LogP contribution in [-0.2, 0) is 33.1 Å². The maximum absolute atomic E-state index is 12.8. The highest BCUT2D eigenvalue weighted by Gasteiger charge is 2.71. The normalized spacial score (nSPS) is 40.0. The van der Waals surface area contributed by atoms with Crippen LogP contribution < -0.4 is 9.47 Å². The maximum atomic E-state index is 12.8. The van der Waals surface area contributed by atoms with Crippen LogP contribution in [0.2, 0.25) is 0 Å². The fourth-order valence-electron chi connectivity index (χ4n) is 16.3. The van der Waals surface area contributed by atoms with Gasteiger partial charge < -0.3 is 29.2 Å². The van der Waals surface area contributed by atoms with Crippen LogP contribution in [0.1, 0.15) is 129 Å². The predicted octanol–water partition coefficient (Wildman–Crippen LogP) is 9.51. The number of hydrogen-bond donors (Lipinski definition) is 2. The predicted molar refractivity (Wildman–Crippen MR) is 242 cm³/mol. The number of benzene rings is 2. The van der Waals surface area contributed by atoms with Crippen LogP contribution in [0.15, 0.2) is 12.1 Å². The zero-order chi connectivity index (χ0) is 43.2. The lowest BCUT2D eigenvalue weighted by atomic mass is 9.47. The number of methoxy groups -OCH3 is 2. The van der Waals surface area contributed by atoms with Crippen molar-refractivity contribution in [3.8, 4) is 34.1 Å². The molecule has 0 amide bonds. The molecule has 338 valence electrons. The van der Waals surface area contributed by atoms with Crippen molar-refractivity contribution >= 4 is 0 Å². The minimum absolute atomic E-state index is 0.0735. The molecule has 0 aromatic heterocycles. The van der Waals surface area contributed by atoms with Gasteiger partial charge in [-0.05, 0) is 159 Å². The first kappa shape index (κ1) is 40.9. The first-order valence-electron chi connectivity index (χ1n) is 25.2. The topological polar surface area (TPSA) is 83.9 Å². The lowest BCUT2D eigenvalue weighted by molar-refractivity contribution is -0.158. The van der Waals surface area contributed by atoms with E-state index in [4.69, 9.17) is 18.9 Å². The molecule has 4 saturated carbocycles. The summed E-state index contributed by atoms with van der Waals surface area (Å²) >= 11 is 0. The third-order valence-electron chi connectivity index (χ3n) is 20.5. The molecule has 10 aliphatic rings. The molecule has 4 aliphatic heterocycles. The molecular weight excluding hydrogens is 773 g/mol. The summed E-state index contributed by atoms with van der Waals surface area (Å²) in [5.41, 5.74) is 6.31. The lowest BCUT2D eigenvalue weighted by Crippen LogP contribution is -2.69. The van der Waals surface area contributed by atoms with Gasteiger partial charge in [0.2, 0.25) is 0 Å². The highest BCUT2D eigenvalue weighted by molar-refractivity contribution is 5.85. The monoisotopic (exact) mass is 849 g/mol. The Bertz CT molecular complexity index is 2010. The molecule has 0 radical (unpaired) electrons. The molecule has 6 aliphatic carbocycles. The Morgan fingerprint density at radius 2 is 1.05 bits per heavy atom. The van der Waals surface area contributed by atoms with Crippen LogP contribution >= 0.6 is 0 Å². The van der Waals surface area contributed by atoms with E-state index in [1.165, 1.54) is 61.0 Å². The lowest BCUT2D eigenvalue weighted by Gasteiger charge is -2.62.